The van der Waals surface area contributed by atoms with Crippen molar-refractivity contribution in [3.8, 4) is 0 Å². The van der Waals surface area contributed by atoms with Crippen LogP contribution in [0.1, 0.15) is 5.56 Å². The minimum atomic E-state index is 0.370. The number of halogens is 1. The first-order chi connectivity index (χ1) is 8.83. The average molecular weight is 314 g/mol. The van der Waals surface area contributed by atoms with Crippen molar-refractivity contribution in [1.82, 2.24) is 0 Å². The molecule has 0 aromatic heterocycles. The van der Waals surface area contributed by atoms with Crippen molar-refractivity contribution in [2.75, 3.05) is 33.0 Å². The van der Waals surface area contributed by atoms with Gasteiger partial charge in [-0.3, -0.25) is 0 Å². The van der Waals surface area contributed by atoms with Crippen LogP contribution in [0.3, 0.4) is 0 Å². The third kappa shape index (κ3) is 7.29. The van der Waals surface area contributed by atoms with Crippen LogP contribution >= 0.6 is 15.9 Å². The molecule has 0 aliphatic rings. The Morgan fingerprint density at radius 1 is 1.06 bits per heavy atom. The predicted octanol–water partition coefficient (Wildman–Crippen LogP) is 3.34. The fourth-order valence-electron chi connectivity index (χ4n) is 1.31. The molecule has 0 atom stereocenters. The average Bonchev–Trinajstić information content (AvgIpc) is 2.39. The Morgan fingerprint density at radius 2 is 1.72 bits per heavy atom. The maximum absolute atomic E-state index is 8.04. The van der Waals surface area contributed by atoms with E-state index >= 15 is 0 Å². The summed E-state index contributed by atoms with van der Waals surface area (Å²) in [6, 6.07) is 8.19. The first-order valence-corrected chi connectivity index (χ1v) is 6.53. The van der Waals surface area contributed by atoms with Crippen LogP contribution in [0.25, 0.3) is 10.4 Å². The van der Waals surface area contributed by atoms with Crippen molar-refractivity contribution in [2.45, 2.75) is 6.42 Å². The summed E-state index contributed by atoms with van der Waals surface area (Å²) in [5, 5.41) is 3.36. The van der Waals surface area contributed by atoms with Gasteiger partial charge in [0.15, 0.2) is 0 Å². The summed E-state index contributed by atoms with van der Waals surface area (Å²) in [7, 11) is 0. The Balaban J connectivity index is 1.95. The van der Waals surface area contributed by atoms with Gasteiger partial charge in [-0.15, -0.1) is 0 Å². The van der Waals surface area contributed by atoms with Gasteiger partial charge >= 0.3 is 0 Å². The molecule has 0 fully saturated rings. The van der Waals surface area contributed by atoms with E-state index in [1.165, 1.54) is 5.56 Å². The molecule has 1 aromatic rings. The smallest absolute Gasteiger partial charge is 0.0700 e. The van der Waals surface area contributed by atoms with Gasteiger partial charge < -0.3 is 9.47 Å². The lowest BCUT2D eigenvalue weighted by Crippen LogP contribution is -2.08. The molecule has 5 nitrogen and oxygen atoms in total. The normalized spacial score (nSPS) is 10.1. The third-order valence-electron chi connectivity index (χ3n) is 2.22. The van der Waals surface area contributed by atoms with E-state index in [2.05, 4.69) is 38.1 Å². The fraction of sp³-hybridized carbons (Fsp3) is 0.500. The van der Waals surface area contributed by atoms with E-state index in [4.69, 9.17) is 15.0 Å². The minimum absolute atomic E-state index is 0.370. The molecular formula is C12H16BrN3O2. The summed E-state index contributed by atoms with van der Waals surface area (Å²) in [6.07, 6.45) is 0.895. The zero-order valence-corrected chi connectivity index (χ0v) is 11.7. The highest BCUT2D eigenvalue weighted by Crippen LogP contribution is 2.10. The van der Waals surface area contributed by atoms with Gasteiger partial charge in [0, 0.05) is 15.9 Å². The fourth-order valence-corrected chi connectivity index (χ4v) is 1.58. The molecule has 0 amide bonds. The van der Waals surface area contributed by atoms with Gasteiger partial charge in [-0.2, -0.15) is 0 Å². The molecule has 0 bridgehead atoms. The second-order valence-corrected chi connectivity index (χ2v) is 4.47. The quantitative estimate of drug-likeness (QED) is 0.304. The molecule has 0 saturated carbocycles. The second-order valence-electron chi connectivity index (χ2n) is 3.56. The number of azide groups is 1. The van der Waals surface area contributed by atoms with Crippen LogP contribution in [0.15, 0.2) is 33.9 Å². The van der Waals surface area contributed by atoms with Gasteiger partial charge in [0.2, 0.25) is 0 Å². The standard InChI is InChI=1S/C12H16BrN3O2/c13-12-3-1-11(2-4-12)5-7-17-9-10-18-8-6-15-16-14/h1-4H,5-10H2. The first-order valence-electron chi connectivity index (χ1n) is 5.73. The molecule has 1 rings (SSSR count). The van der Waals surface area contributed by atoms with Crippen LogP contribution in [-0.4, -0.2) is 33.0 Å². The van der Waals surface area contributed by atoms with E-state index in [1.54, 1.807) is 0 Å². The molecule has 0 aliphatic carbocycles. The van der Waals surface area contributed by atoms with Crippen molar-refractivity contribution in [3.63, 3.8) is 0 Å². The second kappa shape index (κ2) is 9.91. The number of rotatable bonds is 9. The Bertz CT molecular complexity index is 377. The van der Waals surface area contributed by atoms with E-state index in [1.807, 2.05) is 12.1 Å². The summed E-state index contributed by atoms with van der Waals surface area (Å²) in [6.45, 7) is 2.59. The van der Waals surface area contributed by atoms with Crippen LogP contribution < -0.4 is 0 Å². The Morgan fingerprint density at radius 3 is 2.39 bits per heavy atom. The third-order valence-corrected chi connectivity index (χ3v) is 2.75. The predicted molar refractivity (Wildman–Crippen MR) is 73.5 cm³/mol. The highest BCUT2D eigenvalue weighted by atomic mass is 79.9. The summed E-state index contributed by atoms with van der Waals surface area (Å²) < 4.78 is 11.7. The van der Waals surface area contributed by atoms with Gasteiger partial charge in [-0.05, 0) is 29.6 Å². The maximum Gasteiger partial charge on any atom is 0.0700 e. The topological polar surface area (TPSA) is 67.2 Å². The van der Waals surface area contributed by atoms with Crippen molar-refractivity contribution < 1.29 is 9.47 Å². The largest absolute Gasteiger partial charge is 0.379 e. The van der Waals surface area contributed by atoms with Crippen molar-refractivity contribution in [1.29, 1.82) is 0 Å². The molecule has 0 saturated heterocycles. The van der Waals surface area contributed by atoms with E-state index in [0.717, 1.165) is 10.9 Å². The first kappa shape index (κ1) is 15.0. The SMILES string of the molecule is [N-]=[N+]=NCCOCCOCCc1ccc(Br)cc1. The lowest BCUT2D eigenvalue weighted by atomic mass is 10.2. The van der Waals surface area contributed by atoms with Gasteiger partial charge in [0.1, 0.15) is 0 Å². The lowest BCUT2D eigenvalue weighted by Gasteiger charge is -2.05. The van der Waals surface area contributed by atoms with Gasteiger partial charge in [0.25, 0.3) is 0 Å². The van der Waals surface area contributed by atoms with Crippen molar-refractivity contribution in [2.24, 2.45) is 5.11 Å². The van der Waals surface area contributed by atoms with Crippen LogP contribution in [0.5, 0.6) is 0 Å². The number of hydrogen-bond donors (Lipinski definition) is 0. The van der Waals surface area contributed by atoms with E-state index in [9.17, 15) is 0 Å². The summed E-state index contributed by atoms with van der Waals surface area (Å²) in [5.41, 5.74) is 9.29. The summed E-state index contributed by atoms with van der Waals surface area (Å²) in [4.78, 5) is 2.63. The molecule has 0 aliphatic heterocycles. The number of benzene rings is 1. The van der Waals surface area contributed by atoms with Crippen LogP contribution in [0, 0.1) is 0 Å². The number of ether oxygens (including phenoxy) is 2. The van der Waals surface area contributed by atoms with E-state index < -0.39 is 0 Å². The van der Waals surface area contributed by atoms with Gasteiger partial charge in [-0.1, -0.05) is 33.2 Å². The molecule has 0 spiro atoms. The van der Waals surface area contributed by atoms with E-state index in [-0.39, 0.29) is 0 Å². The number of nitrogens with zero attached hydrogens (tertiary/aromatic N) is 3. The Labute approximate surface area is 115 Å². The molecule has 0 N–H and O–H groups in total. The molecule has 0 heterocycles. The van der Waals surface area contributed by atoms with Gasteiger partial charge in [0.05, 0.1) is 26.4 Å². The summed E-state index contributed by atoms with van der Waals surface area (Å²) >= 11 is 3.40. The lowest BCUT2D eigenvalue weighted by molar-refractivity contribution is 0.0520. The van der Waals surface area contributed by atoms with E-state index in [0.29, 0.717) is 33.0 Å². The van der Waals surface area contributed by atoms with Gasteiger partial charge in [-0.25, -0.2) is 0 Å². The zero-order valence-electron chi connectivity index (χ0n) is 10.1. The molecular weight excluding hydrogens is 298 g/mol. The van der Waals surface area contributed by atoms with Crippen molar-refractivity contribution in [3.05, 3.63) is 44.7 Å². The number of hydrogen-bond acceptors (Lipinski definition) is 3. The Kier molecular flexibility index (Phi) is 8.25. The monoisotopic (exact) mass is 313 g/mol. The zero-order chi connectivity index (χ0) is 13.1. The molecule has 18 heavy (non-hydrogen) atoms. The molecule has 1 aromatic carbocycles. The molecule has 0 radical (unpaired) electrons. The Hall–Kier alpha value is -1.07. The van der Waals surface area contributed by atoms with Crippen LogP contribution in [-0.2, 0) is 15.9 Å². The molecule has 0 unspecified atom stereocenters. The van der Waals surface area contributed by atoms with Crippen LogP contribution in [0.2, 0.25) is 0 Å². The highest BCUT2D eigenvalue weighted by Gasteiger charge is 1.94. The van der Waals surface area contributed by atoms with Crippen LogP contribution in [0.4, 0.5) is 0 Å². The van der Waals surface area contributed by atoms with Crippen molar-refractivity contribution >= 4 is 15.9 Å². The maximum atomic E-state index is 8.04. The summed E-state index contributed by atoms with van der Waals surface area (Å²) in [5.74, 6) is 0. The molecule has 98 valence electrons. The molecule has 6 heteroatoms. The highest BCUT2D eigenvalue weighted by molar-refractivity contribution is 9.10. The minimum Gasteiger partial charge on any atom is -0.379 e.